The maximum Gasteiger partial charge on any atom is 0.339 e. The van der Waals surface area contributed by atoms with Crippen LogP contribution in [0.3, 0.4) is 0 Å². The number of halogens is 1. The number of rotatable bonds is 7. The number of nitrogens with one attached hydrogen (secondary N) is 1. The minimum Gasteiger partial charge on any atom is -0.462 e. The summed E-state index contributed by atoms with van der Waals surface area (Å²) in [5.41, 5.74) is 4.86. The standard InChI is InChI=1S/C22H21ClN2O3/c1-15(2)14-27-22(26)19-12-16(8-10-20(19)23)21-11-9-18(28-21)13-24-25-17-6-4-3-5-7-17/h3-13,15,25H,14H2,1-2H3. The third-order valence-electron chi connectivity index (χ3n) is 3.80. The van der Waals surface area contributed by atoms with Gasteiger partial charge in [-0.3, -0.25) is 5.43 Å². The number of hydrogen-bond acceptors (Lipinski definition) is 5. The van der Waals surface area contributed by atoms with Crippen molar-refractivity contribution >= 4 is 29.5 Å². The van der Waals surface area contributed by atoms with E-state index in [2.05, 4.69) is 10.5 Å². The lowest BCUT2D eigenvalue weighted by atomic mass is 10.1. The van der Waals surface area contributed by atoms with Crippen LogP contribution in [0.4, 0.5) is 5.69 Å². The van der Waals surface area contributed by atoms with Gasteiger partial charge in [-0.05, 0) is 48.4 Å². The zero-order chi connectivity index (χ0) is 19.9. The van der Waals surface area contributed by atoms with Crippen molar-refractivity contribution in [1.82, 2.24) is 0 Å². The van der Waals surface area contributed by atoms with Crippen LogP contribution >= 0.6 is 11.6 Å². The summed E-state index contributed by atoms with van der Waals surface area (Å²) < 4.78 is 11.1. The van der Waals surface area contributed by atoms with Gasteiger partial charge >= 0.3 is 5.97 Å². The average molecular weight is 397 g/mol. The highest BCUT2D eigenvalue weighted by Gasteiger charge is 2.15. The molecule has 0 aliphatic rings. The lowest BCUT2D eigenvalue weighted by Gasteiger charge is -2.09. The summed E-state index contributed by atoms with van der Waals surface area (Å²) in [4.78, 5) is 12.3. The molecule has 0 aliphatic carbocycles. The minimum atomic E-state index is -0.444. The zero-order valence-electron chi connectivity index (χ0n) is 15.7. The zero-order valence-corrected chi connectivity index (χ0v) is 16.4. The molecule has 0 atom stereocenters. The Kier molecular flexibility index (Phi) is 6.50. The first-order chi connectivity index (χ1) is 13.5. The predicted octanol–water partition coefficient (Wildman–Crippen LogP) is 5.86. The lowest BCUT2D eigenvalue weighted by molar-refractivity contribution is 0.0459. The molecule has 0 spiro atoms. The summed E-state index contributed by atoms with van der Waals surface area (Å²) in [7, 11) is 0. The van der Waals surface area contributed by atoms with Crippen molar-refractivity contribution in [1.29, 1.82) is 0 Å². The molecule has 3 rings (SSSR count). The minimum absolute atomic E-state index is 0.252. The molecule has 3 aromatic rings. The molecule has 0 amide bonds. The fraction of sp³-hybridized carbons (Fsp3) is 0.182. The Labute approximate surface area is 169 Å². The van der Waals surface area contributed by atoms with Crippen LogP contribution in [0.5, 0.6) is 0 Å². The van der Waals surface area contributed by atoms with E-state index in [9.17, 15) is 4.79 Å². The highest BCUT2D eigenvalue weighted by atomic mass is 35.5. The smallest absolute Gasteiger partial charge is 0.339 e. The van der Waals surface area contributed by atoms with Crippen molar-refractivity contribution in [2.45, 2.75) is 13.8 Å². The summed E-state index contributed by atoms with van der Waals surface area (Å²) in [6.07, 6.45) is 1.59. The van der Waals surface area contributed by atoms with E-state index in [1.807, 2.05) is 50.2 Å². The molecule has 0 unspecified atom stereocenters. The number of hydrogen-bond donors (Lipinski definition) is 1. The summed E-state index contributed by atoms with van der Waals surface area (Å²) in [5.74, 6) is 0.997. The second-order valence-electron chi connectivity index (χ2n) is 6.62. The average Bonchev–Trinajstić information content (AvgIpc) is 3.16. The molecular formula is C22H21ClN2O3. The van der Waals surface area contributed by atoms with E-state index in [1.54, 1.807) is 30.5 Å². The van der Waals surface area contributed by atoms with Crippen molar-refractivity contribution in [3.63, 3.8) is 0 Å². The fourth-order valence-corrected chi connectivity index (χ4v) is 2.61. The van der Waals surface area contributed by atoms with E-state index in [-0.39, 0.29) is 5.92 Å². The van der Waals surface area contributed by atoms with Crippen LogP contribution in [0.15, 0.2) is 70.2 Å². The van der Waals surface area contributed by atoms with Gasteiger partial charge in [0.2, 0.25) is 0 Å². The van der Waals surface area contributed by atoms with E-state index in [1.165, 1.54) is 0 Å². The molecule has 6 heteroatoms. The SMILES string of the molecule is CC(C)COC(=O)c1cc(-c2ccc(C=NNc3ccccc3)o2)ccc1Cl. The van der Waals surface area contributed by atoms with Gasteiger partial charge in [0.25, 0.3) is 0 Å². The highest BCUT2D eigenvalue weighted by molar-refractivity contribution is 6.33. The highest BCUT2D eigenvalue weighted by Crippen LogP contribution is 2.27. The van der Waals surface area contributed by atoms with Gasteiger partial charge in [-0.1, -0.05) is 43.6 Å². The molecule has 1 aromatic heterocycles. The molecule has 2 aromatic carbocycles. The van der Waals surface area contributed by atoms with Gasteiger partial charge in [0, 0.05) is 5.56 Å². The summed E-state index contributed by atoms with van der Waals surface area (Å²) in [6, 6.07) is 18.4. The molecule has 0 aliphatic heterocycles. The Balaban J connectivity index is 1.72. The van der Waals surface area contributed by atoms with Gasteiger partial charge in [0.15, 0.2) is 0 Å². The molecule has 144 valence electrons. The van der Waals surface area contributed by atoms with E-state index in [0.29, 0.717) is 28.7 Å². The number of anilines is 1. The number of nitrogens with zero attached hydrogens (tertiary/aromatic N) is 1. The van der Waals surface area contributed by atoms with E-state index < -0.39 is 5.97 Å². The number of para-hydroxylation sites is 1. The van der Waals surface area contributed by atoms with Gasteiger partial charge < -0.3 is 9.15 Å². The Hall–Kier alpha value is -3.05. The van der Waals surface area contributed by atoms with Crippen LogP contribution in [0, 0.1) is 5.92 Å². The van der Waals surface area contributed by atoms with Gasteiger partial charge in [0.1, 0.15) is 11.5 Å². The quantitative estimate of drug-likeness (QED) is 0.308. The lowest BCUT2D eigenvalue weighted by Crippen LogP contribution is -2.10. The maximum absolute atomic E-state index is 12.3. The van der Waals surface area contributed by atoms with E-state index >= 15 is 0 Å². The number of ether oxygens (including phenoxy) is 1. The number of furan rings is 1. The predicted molar refractivity (Wildman–Crippen MR) is 112 cm³/mol. The molecule has 0 fully saturated rings. The molecule has 0 radical (unpaired) electrons. The van der Waals surface area contributed by atoms with Gasteiger partial charge in [-0.15, -0.1) is 0 Å². The Morgan fingerprint density at radius 2 is 1.96 bits per heavy atom. The molecule has 1 heterocycles. The van der Waals surface area contributed by atoms with Crippen molar-refractivity contribution in [3.8, 4) is 11.3 Å². The first-order valence-corrected chi connectivity index (χ1v) is 9.31. The van der Waals surface area contributed by atoms with Crippen molar-refractivity contribution < 1.29 is 13.9 Å². The number of carbonyl (C=O) groups excluding carboxylic acids is 1. The van der Waals surface area contributed by atoms with Crippen molar-refractivity contribution in [3.05, 3.63) is 77.0 Å². The third kappa shape index (κ3) is 5.24. The first-order valence-electron chi connectivity index (χ1n) is 8.94. The van der Waals surface area contributed by atoms with Gasteiger partial charge in [0.05, 0.1) is 29.1 Å². The molecular weight excluding hydrogens is 376 g/mol. The van der Waals surface area contributed by atoms with E-state index in [4.69, 9.17) is 20.8 Å². The molecule has 0 saturated heterocycles. The molecule has 1 N–H and O–H groups in total. The Bertz CT molecular complexity index is 965. The number of hydrazone groups is 1. The molecule has 0 saturated carbocycles. The van der Waals surface area contributed by atoms with Crippen LogP contribution in [-0.2, 0) is 4.74 Å². The number of carbonyl (C=O) groups is 1. The second-order valence-corrected chi connectivity index (χ2v) is 7.03. The van der Waals surface area contributed by atoms with Crippen LogP contribution in [0.1, 0.15) is 30.0 Å². The van der Waals surface area contributed by atoms with Crippen molar-refractivity contribution in [2.75, 3.05) is 12.0 Å². The largest absolute Gasteiger partial charge is 0.462 e. The fourth-order valence-electron chi connectivity index (χ4n) is 2.42. The first kappa shape index (κ1) is 19.7. The Morgan fingerprint density at radius 1 is 1.18 bits per heavy atom. The Morgan fingerprint density at radius 3 is 2.71 bits per heavy atom. The monoisotopic (exact) mass is 396 g/mol. The van der Waals surface area contributed by atoms with Crippen LogP contribution in [0.25, 0.3) is 11.3 Å². The van der Waals surface area contributed by atoms with E-state index in [0.717, 1.165) is 11.3 Å². The molecule has 28 heavy (non-hydrogen) atoms. The third-order valence-corrected chi connectivity index (χ3v) is 4.13. The van der Waals surface area contributed by atoms with Crippen molar-refractivity contribution in [2.24, 2.45) is 11.0 Å². The molecule has 5 nitrogen and oxygen atoms in total. The normalized spacial score (nSPS) is 11.1. The summed E-state index contributed by atoms with van der Waals surface area (Å²) >= 11 is 6.16. The topological polar surface area (TPSA) is 63.8 Å². The molecule has 0 bridgehead atoms. The summed E-state index contributed by atoms with van der Waals surface area (Å²) in [5, 5.41) is 4.50. The van der Waals surface area contributed by atoms with Crippen LogP contribution < -0.4 is 5.43 Å². The summed E-state index contributed by atoms with van der Waals surface area (Å²) in [6.45, 7) is 4.29. The van der Waals surface area contributed by atoms with Crippen LogP contribution in [0.2, 0.25) is 5.02 Å². The van der Waals surface area contributed by atoms with Gasteiger partial charge in [-0.2, -0.15) is 5.10 Å². The van der Waals surface area contributed by atoms with Gasteiger partial charge in [-0.25, -0.2) is 4.79 Å². The van der Waals surface area contributed by atoms with Crippen LogP contribution in [-0.4, -0.2) is 18.8 Å². The second kappa shape index (κ2) is 9.24. The number of esters is 1. The maximum atomic E-state index is 12.3. The number of benzene rings is 2.